The van der Waals surface area contributed by atoms with Crippen LogP contribution >= 0.6 is 0 Å². The van der Waals surface area contributed by atoms with Gasteiger partial charge in [-0.1, -0.05) is 25.5 Å². The summed E-state index contributed by atoms with van der Waals surface area (Å²) in [5.41, 5.74) is 1.72. The third-order valence-corrected chi connectivity index (χ3v) is 6.63. The molecule has 35 heavy (non-hydrogen) atoms. The van der Waals surface area contributed by atoms with Crippen molar-refractivity contribution in [1.82, 2.24) is 15.5 Å². The lowest BCUT2D eigenvalue weighted by atomic mass is 10.0. The first-order valence-electron chi connectivity index (χ1n) is 12.3. The number of amides is 1. The highest BCUT2D eigenvalue weighted by Crippen LogP contribution is 2.24. The maximum Gasteiger partial charge on any atom is 0.236 e. The molecule has 2 aromatic rings. The van der Waals surface area contributed by atoms with Crippen LogP contribution < -0.4 is 20.1 Å². The molecule has 0 spiro atoms. The Morgan fingerprint density at radius 3 is 2.23 bits per heavy atom. The molecule has 9 heteroatoms. The van der Waals surface area contributed by atoms with E-state index in [1.165, 1.54) is 5.56 Å². The van der Waals surface area contributed by atoms with E-state index in [1.54, 1.807) is 24.3 Å². The lowest BCUT2D eigenvalue weighted by Crippen LogP contribution is -2.50. The van der Waals surface area contributed by atoms with Crippen LogP contribution in [0.4, 0.5) is 5.69 Å². The number of likely N-dealkylation sites (tertiary alicyclic amines) is 1. The summed E-state index contributed by atoms with van der Waals surface area (Å²) < 4.78 is 30.9. The predicted molar refractivity (Wildman–Crippen MR) is 140 cm³/mol. The molecular formula is C26H38N4O4S. The largest absolute Gasteiger partial charge is 0.457 e. The number of anilines is 1. The summed E-state index contributed by atoms with van der Waals surface area (Å²) >= 11 is 0. The van der Waals surface area contributed by atoms with Crippen molar-refractivity contribution in [1.29, 1.82) is 0 Å². The predicted octanol–water partition coefficient (Wildman–Crippen LogP) is 3.71. The molecule has 0 radical (unpaired) electrons. The lowest BCUT2D eigenvalue weighted by molar-refractivity contribution is -0.123. The number of sulfonamides is 1. The van der Waals surface area contributed by atoms with Gasteiger partial charge < -0.3 is 15.4 Å². The average molecular weight is 503 g/mol. The monoisotopic (exact) mass is 502 g/mol. The van der Waals surface area contributed by atoms with E-state index in [9.17, 15) is 13.2 Å². The van der Waals surface area contributed by atoms with Gasteiger partial charge in [0.05, 0.1) is 12.3 Å². The van der Waals surface area contributed by atoms with E-state index >= 15 is 0 Å². The standard InChI is InChI=1S/C26H38N4O4S/c1-4-5-16-27-26(31)20(2)28-22-14-17-30(18-15-22)19-21-6-10-24(11-7-21)34-25-12-8-23(9-13-25)29-35(3,32)33/h6-13,20,22,28-29H,4-5,14-19H2,1-3H3,(H,27,31). The van der Waals surface area contributed by atoms with Crippen molar-refractivity contribution < 1.29 is 17.9 Å². The molecule has 1 fully saturated rings. The second-order valence-electron chi connectivity index (χ2n) is 9.23. The first kappa shape index (κ1) is 27.0. The molecule has 1 aliphatic rings. The number of carbonyl (C=O) groups is 1. The average Bonchev–Trinajstić information content (AvgIpc) is 2.82. The number of nitrogens with zero attached hydrogens (tertiary/aromatic N) is 1. The highest BCUT2D eigenvalue weighted by atomic mass is 32.2. The van der Waals surface area contributed by atoms with E-state index in [1.807, 2.05) is 19.1 Å². The molecule has 1 amide bonds. The van der Waals surface area contributed by atoms with Crippen LogP contribution in [0.2, 0.25) is 0 Å². The Balaban J connectivity index is 1.41. The number of nitrogens with one attached hydrogen (secondary N) is 3. The fourth-order valence-corrected chi connectivity index (χ4v) is 4.65. The normalized spacial score (nSPS) is 16.0. The van der Waals surface area contributed by atoms with Gasteiger partial charge in [0.1, 0.15) is 11.5 Å². The van der Waals surface area contributed by atoms with Gasteiger partial charge in [-0.25, -0.2) is 8.42 Å². The van der Waals surface area contributed by atoms with Crippen LogP contribution in [0, 0.1) is 0 Å². The molecule has 2 aromatic carbocycles. The van der Waals surface area contributed by atoms with Crippen molar-refractivity contribution in [2.75, 3.05) is 30.6 Å². The van der Waals surface area contributed by atoms with Gasteiger partial charge in [-0.15, -0.1) is 0 Å². The van der Waals surface area contributed by atoms with E-state index in [0.29, 0.717) is 17.5 Å². The molecule has 8 nitrogen and oxygen atoms in total. The molecule has 0 saturated carbocycles. The Morgan fingerprint density at radius 1 is 1.06 bits per heavy atom. The summed E-state index contributed by atoms with van der Waals surface area (Å²) in [7, 11) is -3.30. The zero-order valence-corrected chi connectivity index (χ0v) is 21.7. The third kappa shape index (κ3) is 9.51. The number of carbonyl (C=O) groups excluding carboxylic acids is 1. The molecular weight excluding hydrogens is 464 g/mol. The van der Waals surface area contributed by atoms with Crippen molar-refractivity contribution >= 4 is 21.6 Å². The maximum atomic E-state index is 12.2. The summed E-state index contributed by atoms with van der Waals surface area (Å²) in [5.74, 6) is 1.45. The SMILES string of the molecule is CCCCNC(=O)C(C)NC1CCN(Cc2ccc(Oc3ccc(NS(C)(=O)=O)cc3)cc2)CC1. The number of rotatable bonds is 12. The Bertz CT molecular complexity index is 1030. The van der Waals surface area contributed by atoms with Crippen LogP contribution in [-0.4, -0.2) is 57.2 Å². The molecule has 1 heterocycles. The summed E-state index contributed by atoms with van der Waals surface area (Å²) in [4.78, 5) is 14.6. The van der Waals surface area contributed by atoms with Gasteiger partial charge in [0.25, 0.3) is 0 Å². The molecule has 1 aliphatic heterocycles. The lowest BCUT2D eigenvalue weighted by Gasteiger charge is -2.33. The topological polar surface area (TPSA) is 99.8 Å². The van der Waals surface area contributed by atoms with Gasteiger partial charge in [0.15, 0.2) is 0 Å². The van der Waals surface area contributed by atoms with Gasteiger partial charge in [-0.3, -0.25) is 14.4 Å². The van der Waals surface area contributed by atoms with Crippen LogP contribution in [0.1, 0.15) is 45.1 Å². The Morgan fingerprint density at radius 2 is 1.66 bits per heavy atom. The first-order valence-corrected chi connectivity index (χ1v) is 14.2. The van der Waals surface area contributed by atoms with Crippen LogP contribution in [-0.2, 0) is 21.4 Å². The molecule has 192 valence electrons. The second kappa shape index (κ2) is 12.9. The zero-order valence-electron chi connectivity index (χ0n) is 20.9. The minimum Gasteiger partial charge on any atom is -0.457 e. The van der Waals surface area contributed by atoms with Crippen molar-refractivity contribution in [2.24, 2.45) is 0 Å². The van der Waals surface area contributed by atoms with Gasteiger partial charge >= 0.3 is 0 Å². The van der Waals surface area contributed by atoms with Gasteiger partial charge in [-0.2, -0.15) is 0 Å². The van der Waals surface area contributed by atoms with Crippen molar-refractivity contribution in [3.63, 3.8) is 0 Å². The summed E-state index contributed by atoms with van der Waals surface area (Å²) in [5, 5.41) is 6.48. The fraction of sp³-hybridized carbons (Fsp3) is 0.500. The van der Waals surface area contributed by atoms with Gasteiger partial charge in [-0.05, 0) is 81.2 Å². The van der Waals surface area contributed by atoms with E-state index in [-0.39, 0.29) is 11.9 Å². The van der Waals surface area contributed by atoms with E-state index < -0.39 is 10.0 Å². The Kier molecular flexibility index (Phi) is 9.94. The Hall–Kier alpha value is -2.62. The quantitative estimate of drug-likeness (QED) is 0.383. The van der Waals surface area contributed by atoms with Crippen molar-refractivity contribution in [3.8, 4) is 11.5 Å². The number of benzene rings is 2. The Labute approximate surface area is 209 Å². The van der Waals surface area contributed by atoms with Crippen LogP contribution in [0.5, 0.6) is 11.5 Å². The number of unbranched alkanes of at least 4 members (excludes halogenated alkanes) is 1. The smallest absolute Gasteiger partial charge is 0.236 e. The number of ether oxygens (including phenoxy) is 1. The second-order valence-corrected chi connectivity index (χ2v) is 11.0. The summed E-state index contributed by atoms with van der Waals surface area (Å²) in [6.45, 7) is 7.68. The minimum absolute atomic E-state index is 0.0877. The molecule has 3 N–H and O–H groups in total. The van der Waals surface area contributed by atoms with Crippen molar-refractivity contribution in [3.05, 3.63) is 54.1 Å². The zero-order chi connectivity index (χ0) is 25.3. The molecule has 0 bridgehead atoms. The highest BCUT2D eigenvalue weighted by molar-refractivity contribution is 7.92. The summed E-state index contributed by atoms with van der Waals surface area (Å²) in [6, 6.07) is 15.0. The minimum atomic E-state index is -3.30. The third-order valence-electron chi connectivity index (χ3n) is 6.02. The molecule has 3 rings (SSSR count). The van der Waals surface area contributed by atoms with E-state index in [0.717, 1.165) is 63.9 Å². The van der Waals surface area contributed by atoms with Crippen molar-refractivity contribution in [2.45, 2.75) is 58.2 Å². The van der Waals surface area contributed by atoms with Crippen LogP contribution in [0.15, 0.2) is 48.5 Å². The number of hydrogen-bond donors (Lipinski definition) is 3. The molecule has 0 aromatic heterocycles. The molecule has 1 atom stereocenters. The van der Waals surface area contributed by atoms with E-state index in [2.05, 4.69) is 39.3 Å². The van der Waals surface area contributed by atoms with Crippen LogP contribution in [0.3, 0.4) is 0 Å². The molecule has 1 unspecified atom stereocenters. The summed E-state index contributed by atoms with van der Waals surface area (Å²) in [6.07, 6.45) is 5.27. The highest BCUT2D eigenvalue weighted by Gasteiger charge is 2.22. The molecule has 1 saturated heterocycles. The molecule has 0 aliphatic carbocycles. The number of piperidine rings is 1. The van der Waals surface area contributed by atoms with Crippen LogP contribution in [0.25, 0.3) is 0 Å². The fourth-order valence-electron chi connectivity index (χ4n) is 4.09. The van der Waals surface area contributed by atoms with Gasteiger partial charge in [0.2, 0.25) is 15.9 Å². The van der Waals surface area contributed by atoms with E-state index in [4.69, 9.17) is 4.74 Å². The first-order chi connectivity index (χ1) is 16.7. The van der Waals surface area contributed by atoms with Gasteiger partial charge in [0, 0.05) is 24.8 Å². The number of hydrogen-bond acceptors (Lipinski definition) is 6. The maximum absolute atomic E-state index is 12.2.